The normalized spacial score (nSPS) is 21.4. The second-order valence-electron chi connectivity index (χ2n) is 6.10. The van der Waals surface area contributed by atoms with Gasteiger partial charge < -0.3 is 10.6 Å². The SMILES string of the molecule is CCCCN(C(=O)C(CC)(CC)CN)C1CCS(=O)(=O)C1. The number of rotatable bonds is 8. The van der Waals surface area contributed by atoms with E-state index in [9.17, 15) is 13.2 Å². The van der Waals surface area contributed by atoms with Crippen molar-refractivity contribution in [3.63, 3.8) is 0 Å². The van der Waals surface area contributed by atoms with Crippen molar-refractivity contribution in [3.05, 3.63) is 0 Å². The van der Waals surface area contributed by atoms with Gasteiger partial charge in [-0.3, -0.25) is 4.79 Å². The predicted octanol–water partition coefficient (Wildman–Crippen LogP) is 1.57. The highest BCUT2D eigenvalue weighted by Gasteiger charge is 2.42. The molecule has 0 spiro atoms. The zero-order chi connectivity index (χ0) is 16.1. The average molecular weight is 318 g/mol. The number of hydrogen-bond acceptors (Lipinski definition) is 4. The van der Waals surface area contributed by atoms with Crippen molar-refractivity contribution in [2.24, 2.45) is 11.1 Å². The van der Waals surface area contributed by atoms with Gasteiger partial charge in [0.2, 0.25) is 5.91 Å². The van der Waals surface area contributed by atoms with Crippen LogP contribution in [-0.4, -0.2) is 49.9 Å². The first-order chi connectivity index (χ1) is 9.85. The highest BCUT2D eigenvalue weighted by atomic mass is 32.2. The summed E-state index contributed by atoms with van der Waals surface area (Å²) in [6.45, 7) is 7.00. The number of carbonyl (C=O) groups is 1. The van der Waals surface area contributed by atoms with Crippen molar-refractivity contribution in [1.29, 1.82) is 0 Å². The third kappa shape index (κ3) is 4.19. The molecule has 0 aromatic rings. The Labute approximate surface area is 129 Å². The molecule has 1 atom stereocenters. The van der Waals surface area contributed by atoms with Gasteiger partial charge >= 0.3 is 0 Å². The number of amides is 1. The second kappa shape index (κ2) is 7.58. The van der Waals surface area contributed by atoms with Crippen LogP contribution in [0, 0.1) is 5.41 Å². The number of nitrogens with two attached hydrogens (primary N) is 1. The van der Waals surface area contributed by atoms with Crippen LogP contribution in [0.15, 0.2) is 0 Å². The van der Waals surface area contributed by atoms with Crippen molar-refractivity contribution in [2.45, 2.75) is 58.9 Å². The van der Waals surface area contributed by atoms with Gasteiger partial charge in [-0.05, 0) is 25.7 Å². The molecule has 1 heterocycles. The lowest BCUT2D eigenvalue weighted by atomic mass is 9.80. The van der Waals surface area contributed by atoms with Gasteiger partial charge in [-0.25, -0.2) is 8.42 Å². The van der Waals surface area contributed by atoms with Crippen LogP contribution >= 0.6 is 0 Å². The van der Waals surface area contributed by atoms with E-state index in [1.165, 1.54) is 0 Å². The zero-order valence-corrected chi connectivity index (χ0v) is 14.4. The molecule has 21 heavy (non-hydrogen) atoms. The van der Waals surface area contributed by atoms with Gasteiger partial charge in [0.05, 0.1) is 16.9 Å². The zero-order valence-electron chi connectivity index (χ0n) is 13.6. The average Bonchev–Trinajstić information content (AvgIpc) is 2.82. The highest BCUT2D eigenvalue weighted by molar-refractivity contribution is 7.91. The maximum absolute atomic E-state index is 13.0. The van der Waals surface area contributed by atoms with Gasteiger partial charge in [-0.2, -0.15) is 0 Å². The fraction of sp³-hybridized carbons (Fsp3) is 0.933. The van der Waals surface area contributed by atoms with Crippen molar-refractivity contribution in [1.82, 2.24) is 4.90 Å². The van der Waals surface area contributed by atoms with Gasteiger partial charge in [0, 0.05) is 19.1 Å². The smallest absolute Gasteiger partial charge is 0.230 e. The summed E-state index contributed by atoms with van der Waals surface area (Å²) in [6, 6.07) is -0.168. The summed E-state index contributed by atoms with van der Waals surface area (Å²) >= 11 is 0. The van der Waals surface area contributed by atoms with Crippen LogP contribution < -0.4 is 5.73 Å². The first-order valence-electron chi connectivity index (χ1n) is 8.07. The first kappa shape index (κ1) is 18.4. The molecule has 124 valence electrons. The molecule has 1 aliphatic rings. The summed E-state index contributed by atoms with van der Waals surface area (Å²) in [5.74, 6) is 0.350. The predicted molar refractivity (Wildman–Crippen MR) is 85.7 cm³/mol. The number of hydrogen-bond donors (Lipinski definition) is 1. The van der Waals surface area contributed by atoms with Crippen LogP contribution in [0.2, 0.25) is 0 Å². The molecular weight excluding hydrogens is 288 g/mol. The summed E-state index contributed by atoms with van der Waals surface area (Å²) in [5, 5.41) is 0. The van der Waals surface area contributed by atoms with Crippen molar-refractivity contribution >= 4 is 15.7 Å². The van der Waals surface area contributed by atoms with Crippen molar-refractivity contribution < 1.29 is 13.2 Å². The third-order valence-corrected chi connectivity index (χ3v) is 6.61. The number of unbranched alkanes of at least 4 members (excludes halogenated alkanes) is 1. The number of carbonyl (C=O) groups excluding carboxylic acids is 1. The van der Waals surface area contributed by atoms with Gasteiger partial charge in [-0.1, -0.05) is 27.2 Å². The number of sulfone groups is 1. The topological polar surface area (TPSA) is 80.5 Å². The standard InChI is InChI=1S/C15H30N2O3S/c1-4-7-9-17(13-8-10-21(19,20)11-13)14(18)15(5-2,6-3)12-16/h13H,4-12,16H2,1-3H3. The Morgan fingerprint density at radius 2 is 1.90 bits per heavy atom. The van der Waals surface area contributed by atoms with Crippen LogP contribution in [0.5, 0.6) is 0 Å². The van der Waals surface area contributed by atoms with Gasteiger partial charge in [0.1, 0.15) is 0 Å². The minimum Gasteiger partial charge on any atom is -0.338 e. The molecule has 1 fully saturated rings. The van der Waals surface area contributed by atoms with Gasteiger partial charge in [0.25, 0.3) is 0 Å². The Morgan fingerprint density at radius 1 is 1.29 bits per heavy atom. The van der Waals surface area contributed by atoms with E-state index >= 15 is 0 Å². The summed E-state index contributed by atoms with van der Waals surface area (Å²) in [5.41, 5.74) is 5.34. The van der Waals surface area contributed by atoms with E-state index in [-0.39, 0.29) is 23.5 Å². The van der Waals surface area contributed by atoms with Crippen LogP contribution in [-0.2, 0) is 14.6 Å². The highest BCUT2D eigenvalue weighted by Crippen LogP contribution is 2.31. The molecule has 2 N–H and O–H groups in total. The molecule has 0 aromatic heterocycles. The molecule has 0 bridgehead atoms. The second-order valence-corrected chi connectivity index (χ2v) is 8.33. The maximum Gasteiger partial charge on any atom is 0.230 e. The lowest BCUT2D eigenvalue weighted by Crippen LogP contribution is -2.52. The molecule has 6 heteroatoms. The maximum atomic E-state index is 13.0. The fourth-order valence-corrected chi connectivity index (χ4v) is 4.76. The van der Waals surface area contributed by atoms with Gasteiger partial charge in [0.15, 0.2) is 9.84 Å². The molecule has 5 nitrogen and oxygen atoms in total. The minimum absolute atomic E-state index is 0.0468. The molecule has 1 amide bonds. The minimum atomic E-state index is -2.99. The molecule has 1 saturated heterocycles. The lowest BCUT2D eigenvalue weighted by molar-refractivity contribution is -0.144. The largest absolute Gasteiger partial charge is 0.338 e. The Morgan fingerprint density at radius 3 is 2.29 bits per heavy atom. The molecule has 1 aliphatic heterocycles. The summed E-state index contributed by atoms with van der Waals surface area (Å²) in [6.07, 6.45) is 3.83. The third-order valence-electron chi connectivity index (χ3n) is 4.86. The lowest BCUT2D eigenvalue weighted by Gasteiger charge is -2.38. The van der Waals surface area contributed by atoms with E-state index in [0.717, 1.165) is 12.8 Å². The van der Waals surface area contributed by atoms with Crippen LogP contribution in [0.4, 0.5) is 0 Å². The van der Waals surface area contributed by atoms with E-state index in [4.69, 9.17) is 5.73 Å². The fourth-order valence-electron chi connectivity index (χ4n) is 3.03. The van der Waals surface area contributed by atoms with Gasteiger partial charge in [-0.15, -0.1) is 0 Å². The molecular formula is C15H30N2O3S. The molecule has 0 saturated carbocycles. The number of nitrogens with zero attached hydrogens (tertiary/aromatic N) is 1. The van der Waals surface area contributed by atoms with Crippen LogP contribution in [0.1, 0.15) is 52.9 Å². The Kier molecular flexibility index (Phi) is 6.66. The first-order valence-corrected chi connectivity index (χ1v) is 9.89. The summed E-state index contributed by atoms with van der Waals surface area (Å²) in [7, 11) is -2.99. The van der Waals surface area contributed by atoms with E-state index in [2.05, 4.69) is 6.92 Å². The molecule has 0 aromatic carbocycles. The Balaban J connectivity index is 2.99. The summed E-state index contributed by atoms with van der Waals surface area (Å²) < 4.78 is 23.5. The van der Waals surface area contributed by atoms with E-state index in [1.54, 1.807) is 0 Å². The molecule has 0 radical (unpaired) electrons. The Hall–Kier alpha value is -0.620. The molecule has 0 aliphatic carbocycles. The quantitative estimate of drug-likeness (QED) is 0.736. The Bertz CT molecular complexity index is 436. The molecule has 1 rings (SSSR count). The van der Waals surface area contributed by atoms with Crippen molar-refractivity contribution in [3.8, 4) is 0 Å². The monoisotopic (exact) mass is 318 g/mol. The van der Waals surface area contributed by atoms with Crippen LogP contribution in [0.25, 0.3) is 0 Å². The van der Waals surface area contributed by atoms with E-state index in [1.807, 2.05) is 18.7 Å². The van der Waals surface area contributed by atoms with E-state index in [0.29, 0.717) is 32.4 Å². The van der Waals surface area contributed by atoms with E-state index < -0.39 is 15.3 Å². The van der Waals surface area contributed by atoms with Crippen molar-refractivity contribution in [2.75, 3.05) is 24.6 Å². The summed E-state index contributed by atoms with van der Waals surface area (Å²) in [4.78, 5) is 14.8. The van der Waals surface area contributed by atoms with Crippen LogP contribution in [0.3, 0.4) is 0 Å². The molecule has 1 unspecified atom stereocenters.